The zero-order chi connectivity index (χ0) is 27.3. The number of fused-ring (bicyclic) bond motifs is 1. The van der Waals surface area contributed by atoms with Crippen molar-refractivity contribution in [2.24, 2.45) is 0 Å². The van der Waals surface area contributed by atoms with Crippen molar-refractivity contribution in [3.8, 4) is 23.0 Å². The molecule has 4 rings (SSSR count). The van der Waals surface area contributed by atoms with Gasteiger partial charge in [-0.15, -0.1) is 0 Å². The Balaban J connectivity index is 2.02. The maximum absolute atomic E-state index is 14.7. The standard InChI is InChI=1S/C30H25O7P/c1-20(2)29(31)34-26-19-27(28(35-30(32)21(3)4)25-18-12-11-17-24(25)26)38(33,36-22-13-7-5-8-14-22)37-23-15-9-6-10-16-23/h5-19H,1,3H2,2,4H3. The third kappa shape index (κ3) is 5.85. The highest BCUT2D eigenvalue weighted by molar-refractivity contribution is 7.63. The number of rotatable bonds is 9. The Morgan fingerprint density at radius 3 is 1.61 bits per heavy atom. The molecule has 0 atom stereocenters. The van der Waals surface area contributed by atoms with Crippen molar-refractivity contribution in [2.45, 2.75) is 13.8 Å². The van der Waals surface area contributed by atoms with Gasteiger partial charge in [-0.1, -0.05) is 73.8 Å². The van der Waals surface area contributed by atoms with Crippen LogP contribution in [0.25, 0.3) is 10.8 Å². The van der Waals surface area contributed by atoms with E-state index in [4.69, 9.17) is 18.5 Å². The van der Waals surface area contributed by atoms with Gasteiger partial charge in [0.05, 0.1) is 0 Å². The Bertz CT molecular complexity index is 1530. The number of para-hydroxylation sites is 2. The van der Waals surface area contributed by atoms with Crippen LogP contribution in [0.2, 0.25) is 0 Å². The Labute approximate surface area is 220 Å². The maximum Gasteiger partial charge on any atom is 0.466 e. The third-order valence-electron chi connectivity index (χ3n) is 5.26. The van der Waals surface area contributed by atoms with Gasteiger partial charge in [0.1, 0.15) is 22.6 Å². The van der Waals surface area contributed by atoms with Gasteiger partial charge in [-0.2, -0.15) is 0 Å². The first-order chi connectivity index (χ1) is 18.2. The van der Waals surface area contributed by atoms with Gasteiger partial charge in [0, 0.05) is 28.0 Å². The molecule has 0 saturated carbocycles. The van der Waals surface area contributed by atoms with E-state index in [1.165, 1.54) is 19.9 Å². The monoisotopic (exact) mass is 528 g/mol. The largest absolute Gasteiger partial charge is 0.466 e. The van der Waals surface area contributed by atoms with Crippen LogP contribution in [0.4, 0.5) is 0 Å². The summed E-state index contributed by atoms with van der Waals surface area (Å²) in [5, 5.41) is 0.655. The molecule has 0 bridgehead atoms. The van der Waals surface area contributed by atoms with E-state index in [0.29, 0.717) is 10.8 Å². The molecule has 7 nitrogen and oxygen atoms in total. The lowest BCUT2D eigenvalue weighted by atomic mass is 10.1. The predicted molar refractivity (Wildman–Crippen MR) is 146 cm³/mol. The minimum absolute atomic E-state index is 0.0623. The van der Waals surface area contributed by atoms with Crippen LogP contribution in [0, 0.1) is 0 Å². The predicted octanol–water partition coefficient (Wildman–Crippen LogP) is 6.78. The average molecular weight is 528 g/mol. The van der Waals surface area contributed by atoms with Crippen molar-refractivity contribution < 1.29 is 32.7 Å². The second-order valence-electron chi connectivity index (χ2n) is 8.41. The van der Waals surface area contributed by atoms with Gasteiger partial charge < -0.3 is 18.5 Å². The number of esters is 2. The van der Waals surface area contributed by atoms with E-state index < -0.39 is 19.5 Å². The van der Waals surface area contributed by atoms with Crippen LogP contribution in [0.5, 0.6) is 23.0 Å². The first-order valence-electron chi connectivity index (χ1n) is 11.6. The molecule has 0 fully saturated rings. The van der Waals surface area contributed by atoms with Crippen LogP contribution >= 0.6 is 7.60 Å². The molecule has 0 aromatic heterocycles. The zero-order valence-corrected chi connectivity index (χ0v) is 21.8. The van der Waals surface area contributed by atoms with Crippen molar-refractivity contribution in [1.82, 2.24) is 0 Å². The molecule has 0 aliphatic carbocycles. The van der Waals surface area contributed by atoms with Crippen molar-refractivity contribution >= 4 is 35.6 Å². The summed E-state index contributed by atoms with van der Waals surface area (Å²) in [6, 6.07) is 25.0. The van der Waals surface area contributed by atoms with Gasteiger partial charge in [-0.3, -0.25) is 0 Å². The number of benzene rings is 4. The van der Waals surface area contributed by atoms with E-state index in [1.807, 2.05) is 0 Å². The molecule has 0 N–H and O–H groups in total. The molecule has 8 heteroatoms. The van der Waals surface area contributed by atoms with Crippen LogP contribution < -0.4 is 23.8 Å². The Kier molecular flexibility index (Phi) is 7.79. The molecule has 0 saturated heterocycles. The number of carbonyl (C=O) groups excluding carboxylic acids is 2. The first kappa shape index (κ1) is 26.5. The maximum atomic E-state index is 14.7. The van der Waals surface area contributed by atoms with Gasteiger partial charge in [0.15, 0.2) is 5.75 Å². The molecule has 4 aromatic carbocycles. The third-order valence-corrected chi connectivity index (χ3v) is 7.09. The van der Waals surface area contributed by atoms with Crippen LogP contribution in [-0.4, -0.2) is 11.9 Å². The summed E-state index contributed by atoms with van der Waals surface area (Å²) >= 11 is 0. The molecule has 0 aliphatic heterocycles. The van der Waals surface area contributed by atoms with Crippen molar-refractivity contribution in [3.63, 3.8) is 0 Å². The van der Waals surface area contributed by atoms with E-state index in [2.05, 4.69) is 13.2 Å². The minimum Gasteiger partial charge on any atom is -0.422 e. The van der Waals surface area contributed by atoms with Crippen LogP contribution in [0.3, 0.4) is 0 Å². The van der Waals surface area contributed by atoms with Crippen molar-refractivity contribution in [1.29, 1.82) is 0 Å². The van der Waals surface area contributed by atoms with Crippen molar-refractivity contribution in [3.05, 3.63) is 115 Å². The highest BCUT2D eigenvalue weighted by Crippen LogP contribution is 2.52. The normalized spacial score (nSPS) is 10.9. The molecule has 0 aliphatic rings. The topological polar surface area (TPSA) is 88.1 Å². The lowest BCUT2D eigenvalue weighted by Crippen LogP contribution is -2.22. The van der Waals surface area contributed by atoms with Gasteiger partial charge >= 0.3 is 19.5 Å². The quantitative estimate of drug-likeness (QED) is 0.102. The van der Waals surface area contributed by atoms with E-state index in [9.17, 15) is 14.2 Å². The van der Waals surface area contributed by atoms with Crippen LogP contribution in [-0.2, 0) is 14.2 Å². The fraction of sp³-hybridized carbons (Fsp3) is 0.0667. The number of carbonyl (C=O) groups is 2. The summed E-state index contributed by atoms with van der Waals surface area (Å²) in [6.07, 6.45) is 0. The van der Waals surface area contributed by atoms with E-state index in [0.717, 1.165) is 0 Å². The number of hydrogen-bond acceptors (Lipinski definition) is 7. The van der Waals surface area contributed by atoms with Gasteiger partial charge in [-0.25, -0.2) is 14.2 Å². The minimum atomic E-state index is -4.36. The van der Waals surface area contributed by atoms with Gasteiger partial charge in [0.2, 0.25) is 0 Å². The SMILES string of the molecule is C=C(C)C(=O)Oc1cc(P(=O)(Oc2ccccc2)Oc2ccccc2)c(OC(=O)C(=C)C)c2ccccc12. The number of hydrogen-bond donors (Lipinski definition) is 0. The van der Waals surface area contributed by atoms with Crippen molar-refractivity contribution in [2.75, 3.05) is 0 Å². The number of ether oxygens (including phenoxy) is 2. The molecule has 0 amide bonds. The average Bonchev–Trinajstić information content (AvgIpc) is 2.90. The second-order valence-corrected chi connectivity index (χ2v) is 10.3. The summed E-state index contributed by atoms with van der Waals surface area (Å²) in [5.74, 6) is -0.939. The fourth-order valence-corrected chi connectivity index (χ4v) is 5.14. The molecule has 192 valence electrons. The summed E-state index contributed by atoms with van der Waals surface area (Å²) in [6.45, 7) is 10.3. The Morgan fingerprint density at radius 1 is 0.658 bits per heavy atom. The molecule has 0 unspecified atom stereocenters. The zero-order valence-electron chi connectivity index (χ0n) is 20.9. The smallest absolute Gasteiger partial charge is 0.422 e. The Morgan fingerprint density at radius 2 is 1.11 bits per heavy atom. The molecule has 0 radical (unpaired) electrons. The lowest BCUT2D eigenvalue weighted by Gasteiger charge is -2.24. The molecular weight excluding hydrogens is 503 g/mol. The van der Waals surface area contributed by atoms with E-state index in [-0.39, 0.29) is 39.4 Å². The molecule has 4 aromatic rings. The lowest BCUT2D eigenvalue weighted by molar-refractivity contribution is -0.131. The Hall–Kier alpha value is -4.61. The summed E-state index contributed by atoms with van der Waals surface area (Å²) in [7, 11) is -4.36. The van der Waals surface area contributed by atoms with Gasteiger partial charge in [0.25, 0.3) is 0 Å². The summed E-state index contributed by atoms with van der Waals surface area (Å²) in [4.78, 5) is 25.2. The van der Waals surface area contributed by atoms with Crippen LogP contribution in [0.1, 0.15) is 13.8 Å². The van der Waals surface area contributed by atoms with Crippen LogP contribution in [0.15, 0.2) is 115 Å². The molecular formula is C30H25O7P. The molecule has 0 spiro atoms. The molecule has 0 heterocycles. The molecule has 38 heavy (non-hydrogen) atoms. The highest BCUT2D eigenvalue weighted by Gasteiger charge is 2.38. The van der Waals surface area contributed by atoms with E-state index >= 15 is 0 Å². The van der Waals surface area contributed by atoms with Gasteiger partial charge in [-0.05, 0) is 38.1 Å². The second kappa shape index (κ2) is 11.2. The first-order valence-corrected chi connectivity index (χ1v) is 13.1. The summed E-state index contributed by atoms with van der Waals surface area (Å²) < 4.78 is 38.0. The fourth-order valence-electron chi connectivity index (χ4n) is 3.42. The van der Waals surface area contributed by atoms with E-state index in [1.54, 1.807) is 84.9 Å². The summed E-state index contributed by atoms with van der Waals surface area (Å²) in [5.41, 5.74) is 0.290. The highest BCUT2D eigenvalue weighted by atomic mass is 31.2.